The van der Waals surface area contributed by atoms with Crippen LogP contribution in [0.2, 0.25) is 0 Å². The Hall–Kier alpha value is -2.20. The van der Waals surface area contributed by atoms with E-state index in [1.54, 1.807) is 13.8 Å². The highest BCUT2D eigenvalue weighted by atomic mass is 16.4. The van der Waals surface area contributed by atoms with E-state index < -0.39 is 24.1 Å². The molecule has 0 fully saturated rings. The second-order valence-electron chi connectivity index (χ2n) is 3.21. The number of hydrogen-bond donors (Lipinski definition) is 6. The lowest BCUT2D eigenvalue weighted by Crippen LogP contribution is -2.39. The number of nitrogens with two attached hydrogens (primary N) is 2. The number of aliphatic hydroxyl groups is 2. The van der Waals surface area contributed by atoms with E-state index >= 15 is 0 Å². The molecule has 0 rings (SSSR count). The lowest BCUT2D eigenvalue weighted by molar-refractivity contribution is -0.165. The van der Waals surface area contributed by atoms with Crippen molar-refractivity contribution in [1.29, 1.82) is 0 Å². The molecule has 2 atom stereocenters. The van der Waals surface area contributed by atoms with Crippen molar-refractivity contribution in [1.82, 2.24) is 0 Å². The monoisotopic (exact) mass is 296 g/mol. The molecule has 0 aromatic carbocycles. The molecule has 0 radical (unpaired) electrons. The molecule has 0 bridgehead atoms. The molecule has 10 heteroatoms. The highest BCUT2D eigenvalue weighted by molar-refractivity contribution is 5.83. The molecule has 118 valence electrons. The Morgan fingerprint density at radius 3 is 1.00 bits per heavy atom. The molecule has 0 aliphatic heterocycles. The number of hydrogen-bond acceptors (Lipinski definition) is 6. The van der Waals surface area contributed by atoms with Gasteiger partial charge >= 0.3 is 11.9 Å². The Morgan fingerprint density at radius 1 is 0.800 bits per heavy atom. The Balaban J connectivity index is -0.000000244. The summed E-state index contributed by atoms with van der Waals surface area (Å²) in [5.74, 6) is -4.03. The second kappa shape index (κ2) is 13.2. The van der Waals surface area contributed by atoms with Crippen LogP contribution in [-0.4, -0.2) is 56.4 Å². The summed E-state index contributed by atoms with van der Waals surface area (Å²) in [6.45, 7) is 3.45. The quantitative estimate of drug-likeness (QED) is 0.323. The smallest absolute Gasteiger partial charge is 0.335 e. The van der Waals surface area contributed by atoms with Gasteiger partial charge in [0, 0.05) is 12.8 Å². The highest BCUT2D eigenvalue weighted by Crippen LogP contribution is 1.92. The van der Waals surface area contributed by atoms with Crippen LogP contribution in [0, 0.1) is 0 Å². The number of rotatable bonds is 5. The topological polar surface area (TPSA) is 201 Å². The fourth-order valence-corrected chi connectivity index (χ4v) is 0.270. The van der Waals surface area contributed by atoms with E-state index in [0.717, 1.165) is 0 Å². The highest BCUT2D eigenvalue weighted by Gasteiger charge is 2.29. The molecule has 20 heavy (non-hydrogen) atoms. The molecule has 0 aliphatic rings. The van der Waals surface area contributed by atoms with E-state index in [-0.39, 0.29) is 11.8 Å². The predicted molar refractivity (Wildman–Crippen MR) is 66.3 cm³/mol. The maximum absolute atomic E-state index is 9.77. The number of carboxylic acid groups (broad SMARTS) is 2. The molecule has 0 saturated heterocycles. The summed E-state index contributed by atoms with van der Waals surface area (Å²) >= 11 is 0. The molecule has 0 aromatic heterocycles. The van der Waals surface area contributed by atoms with Crippen LogP contribution in [0.5, 0.6) is 0 Å². The van der Waals surface area contributed by atoms with Gasteiger partial charge in [-0.3, -0.25) is 9.59 Å². The Labute approximate surface area is 115 Å². The van der Waals surface area contributed by atoms with Crippen LogP contribution < -0.4 is 11.5 Å². The normalized spacial score (nSPS) is 11.6. The number of amides is 2. The number of aliphatic hydroxyl groups excluding tert-OH is 2. The first kappa shape index (κ1) is 22.9. The molecule has 0 aromatic rings. The Kier molecular flexibility index (Phi) is 15.2. The first-order valence-electron chi connectivity index (χ1n) is 5.39. The first-order chi connectivity index (χ1) is 9.00. The van der Waals surface area contributed by atoms with Crippen LogP contribution >= 0.6 is 0 Å². The zero-order valence-electron chi connectivity index (χ0n) is 11.1. The third kappa shape index (κ3) is 18.2. The standard InChI is InChI=1S/C4H6O6.2C3H7NO/c5-1(3(7)8)2(6)4(9)10;2*1-2-3(4)5/h1-2,5-6H,(H,7,8)(H,9,10);2*2H2,1H3,(H2,4,5). The van der Waals surface area contributed by atoms with Crippen molar-refractivity contribution >= 4 is 23.8 Å². The zero-order chi connectivity index (χ0) is 16.9. The summed E-state index contributed by atoms with van der Waals surface area (Å²) in [6.07, 6.45) is -3.64. The van der Waals surface area contributed by atoms with Crippen molar-refractivity contribution in [2.75, 3.05) is 0 Å². The SMILES string of the molecule is CCC(N)=O.CCC(N)=O.O=C(O)C(O)C(O)C(=O)O. The summed E-state index contributed by atoms with van der Waals surface area (Å²) in [6, 6.07) is 0. The van der Waals surface area contributed by atoms with Gasteiger partial charge < -0.3 is 31.9 Å². The van der Waals surface area contributed by atoms with Gasteiger partial charge in [-0.15, -0.1) is 0 Å². The molecule has 10 nitrogen and oxygen atoms in total. The molecule has 0 aliphatic carbocycles. The fraction of sp³-hybridized carbons (Fsp3) is 0.600. The van der Waals surface area contributed by atoms with Gasteiger partial charge in [0.2, 0.25) is 11.8 Å². The van der Waals surface area contributed by atoms with Gasteiger partial charge in [0.1, 0.15) is 0 Å². The maximum atomic E-state index is 9.77. The molecule has 2 unspecified atom stereocenters. The predicted octanol–water partition coefficient (Wildman–Crippen LogP) is -2.36. The minimum Gasteiger partial charge on any atom is -0.479 e. The molecule has 2 amide bonds. The second-order valence-corrected chi connectivity index (χ2v) is 3.21. The van der Waals surface area contributed by atoms with Crippen molar-refractivity contribution in [2.24, 2.45) is 11.5 Å². The van der Waals surface area contributed by atoms with Gasteiger partial charge in [-0.25, -0.2) is 9.59 Å². The number of carbonyl (C=O) groups excluding carboxylic acids is 2. The summed E-state index contributed by atoms with van der Waals surface area (Å²) < 4.78 is 0. The summed E-state index contributed by atoms with van der Waals surface area (Å²) in [7, 11) is 0. The summed E-state index contributed by atoms with van der Waals surface area (Å²) in [5, 5.41) is 32.5. The third-order valence-electron chi connectivity index (χ3n) is 1.50. The minimum absolute atomic E-state index is 0.245. The first-order valence-corrected chi connectivity index (χ1v) is 5.39. The molecule has 8 N–H and O–H groups in total. The van der Waals surface area contributed by atoms with Crippen LogP contribution in [0.15, 0.2) is 0 Å². The van der Waals surface area contributed by atoms with Crippen LogP contribution in [0.3, 0.4) is 0 Å². The minimum atomic E-state index is -2.27. The molecular formula is C10H20N2O8. The molecule has 0 spiro atoms. The summed E-state index contributed by atoms with van der Waals surface area (Å²) in [5.41, 5.74) is 9.31. The van der Waals surface area contributed by atoms with Gasteiger partial charge in [0.25, 0.3) is 0 Å². The van der Waals surface area contributed by atoms with Gasteiger partial charge in [-0.1, -0.05) is 13.8 Å². The summed E-state index contributed by atoms with van der Waals surface area (Å²) in [4.78, 5) is 38.7. The fourth-order valence-electron chi connectivity index (χ4n) is 0.270. The number of carbonyl (C=O) groups is 4. The number of carboxylic acids is 2. The number of primary amides is 2. The average molecular weight is 296 g/mol. The van der Waals surface area contributed by atoms with Crippen molar-refractivity contribution in [3.63, 3.8) is 0 Å². The lowest BCUT2D eigenvalue weighted by atomic mass is 10.2. The van der Waals surface area contributed by atoms with Crippen LogP contribution in [-0.2, 0) is 19.2 Å². The van der Waals surface area contributed by atoms with E-state index in [9.17, 15) is 19.2 Å². The molecule has 0 heterocycles. The van der Waals surface area contributed by atoms with Crippen molar-refractivity contribution in [3.8, 4) is 0 Å². The van der Waals surface area contributed by atoms with Crippen molar-refractivity contribution in [2.45, 2.75) is 38.9 Å². The lowest BCUT2D eigenvalue weighted by Gasteiger charge is -2.07. The van der Waals surface area contributed by atoms with E-state index in [1.165, 1.54) is 0 Å². The van der Waals surface area contributed by atoms with Crippen LogP contribution in [0.1, 0.15) is 26.7 Å². The Morgan fingerprint density at radius 2 is 0.950 bits per heavy atom. The van der Waals surface area contributed by atoms with Crippen molar-refractivity contribution in [3.05, 3.63) is 0 Å². The number of aliphatic carboxylic acids is 2. The van der Waals surface area contributed by atoms with Gasteiger partial charge in [0.05, 0.1) is 0 Å². The Bertz CT molecular complexity index is 299. The molecule has 0 saturated carbocycles. The largest absolute Gasteiger partial charge is 0.479 e. The van der Waals surface area contributed by atoms with Gasteiger partial charge in [0.15, 0.2) is 12.2 Å². The van der Waals surface area contributed by atoms with E-state index in [4.69, 9.17) is 20.4 Å². The van der Waals surface area contributed by atoms with Gasteiger partial charge in [-0.05, 0) is 0 Å². The zero-order valence-corrected chi connectivity index (χ0v) is 11.1. The van der Waals surface area contributed by atoms with Crippen LogP contribution in [0.4, 0.5) is 0 Å². The van der Waals surface area contributed by atoms with Crippen LogP contribution in [0.25, 0.3) is 0 Å². The van der Waals surface area contributed by atoms with E-state index in [0.29, 0.717) is 12.8 Å². The maximum Gasteiger partial charge on any atom is 0.335 e. The van der Waals surface area contributed by atoms with E-state index in [2.05, 4.69) is 11.5 Å². The van der Waals surface area contributed by atoms with Crippen molar-refractivity contribution < 1.29 is 39.6 Å². The molecular weight excluding hydrogens is 276 g/mol. The third-order valence-corrected chi connectivity index (χ3v) is 1.50. The average Bonchev–Trinajstić information content (AvgIpc) is 2.37. The van der Waals surface area contributed by atoms with E-state index in [1.807, 2.05) is 0 Å². The van der Waals surface area contributed by atoms with Gasteiger partial charge in [-0.2, -0.15) is 0 Å².